The normalized spacial score (nSPS) is 20.0. The lowest BCUT2D eigenvalue weighted by Crippen LogP contribution is -2.42. The van der Waals surface area contributed by atoms with Crippen LogP contribution >= 0.6 is 0 Å². The van der Waals surface area contributed by atoms with Crippen LogP contribution in [0.5, 0.6) is 0 Å². The van der Waals surface area contributed by atoms with Crippen molar-refractivity contribution in [1.29, 1.82) is 0 Å². The number of hydrogen-bond donors (Lipinski definition) is 2. The van der Waals surface area contributed by atoms with Crippen LogP contribution in [-0.4, -0.2) is 26.9 Å². The zero-order valence-corrected chi connectivity index (χ0v) is 16.0. The van der Waals surface area contributed by atoms with Crippen molar-refractivity contribution in [3.63, 3.8) is 0 Å². The predicted molar refractivity (Wildman–Crippen MR) is 106 cm³/mol. The molecule has 4 rings (SSSR count). The van der Waals surface area contributed by atoms with Gasteiger partial charge < -0.3 is 10.4 Å². The molecule has 0 saturated heterocycles. The van der Waals surface area contributed by atoms with Gasteiger partial charge in [-0.25, -0.2) is 9.07 Å². The molecule has 1 amide bonds. The lowest BCUT2D eigenvalue weighted by molar-refractivity contribution is -0.132. The van der Waals surface area contributed by atoms with Crippen molar-refractivity contribution in [2.45, 2.75) is 45.3 Å². The molecular formula is C22H24FN3O2. The fraction of sp³-hybridized carbons (Fsp3) is 0.364. The molecule has 2 aromatic carbocycles. The van der Waals surface area contributed by atoms with Gasteiger partial charge in [0.05, 0.1) is 29.5 Å². The molecule has 1 saturated carbocycles. The van der Waals surface area contributed by atoms with Crippen molar-refractivity contribution in [3.8, 4) is 5.69 Å². The van der Waals surface area contributed by atoms with Gasteiger partial charge in [0.1, 0.15) is 5.82 Å². The summed E-state index contributed by atoms with van der Waals surface area (Å²) in [6, 6.07) is 10.3. The van der Waals surface area contributed by atoms with Crippen LogP contribution in [0.25, 0.3) is 16.6 Å². The largest absolute Gasteiger partial charge is 0.393 e. The average Bonchev–Trinajstić information content (AvgIpc) is 3.06. The van der Waals surface area contributed by atoms with Gasteiger partial charge in [-0.05, 0) is 73.7 Å². The molecule has 1 aliphatic carbocycles. The van der Waals surface area contributed by atoms with Crippen molar-refractivity contribution in [3.05, 3.63) is 59.5 Å². The van der Waals surface area contributed by atoms with Crippen molar-refractivity contribution >= 4 is 16.8 Å². The Bertz CT molecular complexity index is 1010. The minimum Gasteiger partial charge on any atom is -0.393 e. The summed E-state index contributed by atoms with van der Waals surface area (Å²) in [7, 11) is 0. The zero-order chi connectivity index (χ0) is 19.8. The highest BCUT2D eigenvalue weighted by molar-refractivity contribution is 5.83. The SMILES string of the molecule is CC[C@H](NC(=O)C1CC(O)C1)c1cc2cnn(-c3ccc(F)cc3)c2cc1C. The van der Waals surface area contributed by atoms with Crippen LogP contribution in [0, 0.1) is 18.7 Å². The number of nitrogens with one attached hydrogen (secondary N) is 1. The van der Waals surface area contributed by atoms with Gasteiger partial charge in [-0.2, -0.15) is 5.10 Å². The summed E-state index contributed by atoms with van der Waals surface area (Å²) in [6.45, 7) is 4.07. The molecule has 146 valence electrons. The molecule has 28 heavy (non-hydrogen) atoms. The fourth-order valence-electron chi connectivity index (χ4n) is 3.85. The number of carbonyl (C=O) groups excluding carboxylic acids is 1. The molecule has 1 atom stereocenters. The van der Waals surface area contributed by atoms with Crippen LogP contribution < -0.4 is 5.32 Å². The summed E-state index contributed by atoms with van der Waals surface area (Å²) in [6.07, 6.45) is 3.32. The number of rotatable bonds is 5. The van der Waals surface area contributed by atoms with E-state index in [0.717, 1.165) is 34.1 Å². The number of benzene rings is 2. The molecule has 6 heteroatoms. The second-order valence-corrected chi connectivity index (χ2v) is 7.59. The summed E-state index contributed by atoms with van der Waals surface area (Å²) in [5, 5.41) is 18.0. The number of amides is 1. The first kappa shape index (κ1) is 18.6. The first-order valence-corrected chi connectivity index (χ1v) is 9.69. The molecule has 0 spiro atoms. The van der Waals surface area contributed by atoms with Gasteiger partial charge in [-0.3, -0.25) is 4.79 Å². The number of nitrogens with zero attached hydrogens (tertiary/aromatic N) is 2. The number of aryl methyl sites for hydroxylation is 1. The molecule has 5 nitrogen and oxygen atoms in total. The first-order chi connectivity index (χ1) is 13.5. The molecule has 1 aromatic heterocycles. The first-order valence-electron chi connectivity index (χ1n) is 9.69. The number of aliphatic hydroxyl groups is 1. The minimum absolute atomic E-state index is 0.0126. The molecule has 1 heterocycles. The molecule has 0 radical (unpaired) electrons. The van der Waals surface area contributed by atoms with E-state index < -0.39 is 0 Å². The van der Waals surface area contributed by atoms with Crippen molar-refractivity contribution in [1.82, 2.24) is 15.1 Å². The maximum absolute atomic E-state index is 13.2. The summed E-state index contributed by atoms with van der Waals surface area (Å²) < 4.78 is 15.0. The number of aromatic nitrogens is 2. The maximum Gasteiger partial charge on any atom is 0.223 e. The Morgan fingerprint density at radius 1 is 1.32 bits per heavy atom. The second-order valence-electron chi connectivity index (χ2n) is 7.59. The lowest BCUT2D eigenvalue weighted by Gasteiger charge is -2.32. The van der Waals surface area contributed by atoms with E-state index in [4.69, 9.17) is 0 Å². The van der Waals surface area contributed by atoms with Crippen LogP contribution in [-0.2, 0) is 4.79 Å². The standard InChI is InChI=1S/C22H24FN3O2/c1-3-20(25-22(28)14-9-18(27)10-14)19-11-15-12-24-26(21(15)8-13(19)2)17-6-4-16(23)5-7-17/h4-8,11-12,14,18,20,27H,3,9-10H2,1-2H3,(H,25,28)/t14?,18?,20-/m0/s1. The Morgan fingerprint density at radius 3 is 2.68 bits per heavy atom. The van der Waals surface area contributed by atoms with Crippen LogP contribution in [0.15, 0.2) is 42.6 Å². The van der Waals surface area contributed by atoms with Crippen molar-refractivity contribution in [2.24, 2.45) is 5.92 Å². The predicted octanol–water partition coefficient (Wildman–Crippen LogP) is 3.81. The van der Waals surface area contributed by atoms with Gasteiger partial charge in [-0.1, -0.05) is 6.92 Å². The number of fused-ring (bicyclic) bond motifs is 1. The van der Waals surface area contributed by atoms with Crippen LogP contribution in [0.4, 0.5) is 4.39 Å². The summed E-state index contributed by atoms with van der Waals surface area (Å²) >= 11 is 0. The highest BCUT2D eigenvalue weighted by Gasteiger charge is 2.34. The van der Waals surface area contributed by atoms with E-state index in [2.05, 4.69) is 22.5 Å². The van der Waals surface area contributed by atoms with E-state index in [1.165, 1.54) is 12.1 Å². The molecule has 1 fully saturated rings. The molecular weight excluding hydrogens is 357 g/mol. The number of aliphatic hydroxyl groups excluding tert-OH is 1. The Hall–Kier alpha value is -2.73. The van der Waals surface area contributed by atoms with Gasteiger partial charge >= 0.3 is 0 Å². The summed E-state index contributed by atoms with van der Waals surface area (Å²) in [5.74, 6) is -0.354. The third-order valence-electron chi connectivity index (χ3n) is 5.61. The van der Waals surface area contributed by atoms with E-state index in [-0.39, 0.29) is 29.8 Å². The van der Waals surface area contributed by atoms with E-state index in [1.54, 1.807) is 23.0 Å². The Labute approximate surface area is 163 Å². The fourth-order valence-corrected chi connectivity index (χ4v) is 3.85. The minimum atomic E-state index is -0.341. The smallest absolute Gasteiger partial charge is 0.223 e. The van der Waals surface area contributed by atoms with Gasteiger partial charge in [0, 0.05) is 11.3 Å². The van der Waals surface area contributed by atoms with Crippen molar-refractivity contribution in [2.75, 3.05) is 0 Å². The van der Waals surface area contributed by atoms with E-state index in [0.29, 0.717) is 12.8 Å². The van der Waals surface area contributed by atoms with E-state index in [1.807, 2.05) is 13.8 Å². The summed E-state index contributed by atoms with van der Waals surface area (Å²) in [5.41, 5.74) is 3.88. The number of halogens is 1. The van der Waals surface area contributed by atoms with E-state index >= 15 is 0 Å². The molecule has 0 aliphatic heterocycles. The molecule has 1 aliphatic rings. The zero-order valence-electron chi connectivity index (χ0n) is 16.0. The third kappa shape index (κ3) is 3.40. The van der Waals surface area contributed by atoms with Crippen LogP contribution in [0.1, 0.15) is 43.4 Å². The summed E-state index contributed by atoms with van der Waals surface area (Å²) in [4.78, 5) is 12.4. The molecule has 3 aromatic rings. The second kappa shape index (κ2) is 7.36. The topological polar surface area (TPSA) is 67.2 Å². The van der Waals surface area contributed by atoms with Crippen molar-refractivity contribution < 1.29 is 14.3 Å². The van der Waals surface area contributed by atoms with Crippen LogP contribution in [0.3, 0.4) is 0 Å². The van der Waals surface area contributed by atoms with Gasteiger partial charge in [0.25, 0.3) is 0 Å². The molecule has 0 bridgehead atoms. The van der Waals surface area contributed by atoms with Gasteiger partial charge in [0.2, 0.25) is 5.91 Å². The average molecular weight is 381 g/mol. The Morgan fingerprint density at radius 2 is 2.04 bits per heavy atom. The molecule has 0 unspecified atom stereocenters. The Kier molecular flexibility index (Phi) is 4.89. The number of hydrogen-bond acceptors (Lipinski definition) is 3. The van der Waals surface area contributed by atoms with Gasteiger partial charge in [-0.15, -0.1) is 0 Å². The van der Waals surface area contributed by atoms with Crippen LogP contribution in [0.2, 0.25) is 0 Å². The molecule has 2 N–H and O–H groups in total. The highest BCUT2D eigenvalue weighted by Crippen LogP contribution is 2.31. The third-order valence-corrected chi connectivity index (χ3v) is 5.61. The maximum atomic E-state index is 13.2. The number of carbonyl (C=O) groups is 1. The van der Waals surface area contributed by atoms with E-state index in [9.17, 15) is 14.3 Å². The monoisotopic (exact) mass is 381 g/mol. The highest BCUT2D eigenvalue weighted by atomic mass is 19.1. The van der Waals surface area contributed by atoms with Gasteiger partial charge in [0.15, 0.2) is 0 Å². The Balaban J connectivity index is 1.63. The lowest BCUT2D eigenvalue weighted by atomic mass is 9.81. The quantitative estimate of drug-likeness (QED) is 0.706.